The van der Waals surface area contributed by atoms with Gasteiger partial charge in [-0.1, -0.05) is 0 Å². The molecule has 0 saturated carbocycles. The molecular weight excluding hydrogens is 426 g/mol. The summed E-state index contributed by atoms with van der Waals surface area (Å²) in [6, 6.07) is 0.770. The molecule has 3 heterocycles. The van der Waals surface area contributed by atoms with Gasteiger partial charge in [0.1, 0.15) is 9.75 Å². The Labute approximate surface area is 179 Å². The minimum Gasteiger partial charge on any atom is -0.271 e. The SMILES string of the molecule is CC(C)N1C(=O)c2sc3c4c(c5cc(F)c(F)cc5c(c24)C1=O)C(=O)N(C(C)C)C3=O. The van der Waals surface area contributed by atoms with Crippen LogP contribution < -0.4 is 0 Å². The maximum absolute atomic E-state index is 14.2. The zero-order valence-electron chi connectivity index (χ0n) is 17.0. The Morgan fingerprint density at radius 3 is 1.35 bits per heavy atom. The molecule has 0 spiro atoms. The van der Waals surface area contributed by atoms with Crippen molar-refractivity contribution in [1.82, 2.24) is 9.80 Å². The zero-order valence-corrected chi connectivity index (χ0v) is 17.8. The Morgan fingerprint density at radius 2 is 1.03 bits per heavy atom. The Hall–Kier alpha value is -3.20. The molecule has 0 radical (unpaired) electrons. The van der Waals surface area contributed by atoms with Crippen LogP contribution in [0.3, 0.4) is 0 Å². The average molecular weight is 442 g/mol. The van der Waals surface area contributed by atoms with Crippen molar-refractivity contribution < 1.29 is 28.0 Å². The van der Waals surface area contributed by atoms with Crippen molar-refractivity contribution in [2.75, 3.05) is 0 Å². The molecule has 0 atom stereocenters. The highest BCUT2D eigenvalue weighted by molar-refractivity contribution is 7.18. The number of nitrogens with zero attached hydrogens (tertiary/aromatic N) is 2. The van der Waals surface area contributed by atoms with Crippen molar-refractivity contribution >= 4 is 56.5 Å². The third-order valence-corrected chi connectivity index (χ3v) is 6.90. The predicted molar refractivity (Wildman–Crippen MR) is 111 cm³/mol. The fourth-order valence-corrected chi connectivity index (χ4v) is 5.65. The van der Waals surface area contributed by atoms with E-state index in [9.17, 15) is 28.0 Å². The lowest BCUT2D eigenvalue weighted by molar-refractivity contribution is 0.0550. The number of hydrogen-bond acceptors (Lipinski definition) is 5. The molecule has 5 rings (SSSR count). The molecule has 2 aliphatic rings. The van der Waals surface area contributed by atoms with Crippen LogP contribution in [-0.2, 0) is 0 Å². The maximum atomic E-state index is 14.2. The van der Waals surface area contributed by atoms with Crippen LogP contribution in [-0.4, -0.2) is 45.5 Å². The quantitative estimate of drug-likeness (QED) is 0.554. The standard InChI is InChI=1S/C22H16F2N2O4S/c1-7(2)25-19(27)13-9-5-11(23)12(24)6-10(9)14-16-15(13)17(21(25)29)31-18(16)22(30)26(8(3)4)20(14)28/h5-8H,1-4H3. The van der Waals surface area contributed by atoms with Crippen molar-refractivity contribution in [2.45, 2.75) is 39.8 Å². The van der Waals surface area contributed by atoms with Crippen molar-refractivity contribution in [1.29, 1.82) is 0 Å². The van der Waals surface area contributed by atoms with E-state index in [0.29, 0.717) is 0 Å². The van der Waals surface area contributed by atoms with E-state index in [1.54, 1.807) is 27.7 Å². The van der Waals surface area contributed by atoms with Gasteiger partial charge in [-0.3, -0.25) is 29.0 Å². The van der Waals surface area contributed by atoms with Gasteiger partial charge in [0, 0.05) is 22.9 Å². The normalized spacial score (nSPS) is 16.1. The highest BCUT2D eigenvalue weighted by Gasteiger charge is 2.45. The number of fused-ring (bicyclic) bond motifs is 3. The van der Waals surface area contributed by atoms with Crippen molar-refractivity contribution in [3.8, 4) is 0 Å². The summed E-state index contributed by atoms with van der Waals surface area (Å²) in [5.41, 5.74) is 0.0223. The van der Waals surface area contributed by atoms with Gasteiger partial charge >= 0.3 is 0 Å². The summed E-state index contributed by atoms with van der Waals surface area (Å²) in [5.74, 6) is -4.81. The van der Waals surface area contributed by atoms with E-state index in [-0.39, 0.29) is 42.4 Å². The number of hydrogen-bond donors (Lipinski definition) is 0. The van der Waals surface area contributed by atoms with E-state index in [4.69, 9.17) is 0 Å². The Morgan fingerprint density at radius 1 is 0.677 bits per heavy atom. The molecule has 9 heteroatoms. The molecular formula is C22H16F2N2O4S. The van der Waals surface area contributed by atoms with Crippen LogP contribution in [0.15, 0.2) is 12.1 Å². The lowest BCUT2D eigenvalue weighted by Gasteiger charge is -2.31. The smallest absolute Gasteiger partial charge is 0.271 e. The first-order valence-electron chi connectivity index (χ1n) is 9.73. The van der Waals surface area contributed by atoms with Crippen LogP contribution in [0.2, 0.25) is 0 Å². The molecule has 158 valence electrons. The van der Waals surface area contributed by atoms with Gasteiger partial charge in [-0.25, -0.2) is 8.78 Å². The molecule has 0 fully saturated rings. The lowest BCUT2D eigenvalue weighted by Crippen LogP contribution is -2.45. The molecule has 3 aromatic rings. The summed E-state index contributed by atoms with van der Waals surface area (Å²) in [5, 5.41) is 0.430. The van der Waals surface area contributed by atoms with Gasteiger partial charge in [-0.05, 0) is 50.6 Å². The highest BCUT2D eigenvalue weighted by Crippen LogP contribution is 2.47. The molecule has 0 saturated heterocycles. The summed E-state index contributed by atoms with van der Waals surface area (Å²) in [6.07, 6.45) is 0. The molecule has 0 bridgehead atoms. The van der Waals surface area contributed by atoms with E-state index < -0.39 is 47.3 Å². The van der Waals surface area contributed by atoms with Crippen LogP contribution in [0.25, 0.3) is 21.5 Å². The second kappa shape index (κ2) is 6.16. The van der Waals surface area contributed by atoms with Gasteiger partial charge in [-0.2, -0.15) is 0 Å². The largest absolute Gasteiger partial charge is 0.271 e. The molecule has 31 heavy (non-hydrogen) atoms. The Kier molecular flexibility index (Phi) is 3.93. The van der Waals surface area contributed by atoms with Gasteiger partial charge in [-0.15, -0.1) is 11.3 Å². The summed E-state index contributed by atoms with van der Waals surface area (Å²) in [7, 11) is 0. The average Bonchev–Trinajstić information content (AvgIpc) is 3.06. The first-order valence-corrected chi connectivity index (χ1v) is 10.5. The van der Waals surface area contributed by atoms with E-state index in [0.717, 1.165) is 33.3 Å². The van der Waals surface area contributed by atoms with Crippen molar-refractivity contribution in [3.05, 3.63) is 44.6 Å². The number of thiophene rings is 1. The number of carbonyl (C=O) groups excluding carboxylic acids is 4. The van der Waals surface area contributed by atoms with Crippen LogP contribution in [0.1, 0.15) is 67.8 Å². The lowest BCUT2D eigenvalue weighted by atomic mass is 9.86. The molecule has 0 aliphatic carbocycles. The summed E-state index contributed by atoms with van der Waals surface area (Å²) in [6.45, 7) is 6.65. The molecule has 0 unspecified atom stereocenters. The third kappa shape index (κ3) is 2.29. The first-order chi connectivity index (χ1) is 14.6. The molecule has 4 amide bonds. The number of benzene rings is 2. The minimum absolute atomic E-state index is 0.0112. The number of amides is 4. The second-order valence-electron chi connectivity index (χ2n) is 8.22. The fourth-order valence-electron chi connectivity index (χ4n) is 4.47. The van der Waals surface area contributed by atoms with Gasteiger partial charge in [0.2, 0.25) is 0 Å². The summed E-state index contributed by atoms with van der Waals surface area (Å²) < 4.78 is 28.5. The van der Waals surface area contributed by atoms with E-state index in [1.807, 2.05) is 0 Å². The van der Waals surface area contributed by atoms with Gasteiger partial charge in [0.25, 0.3) is 23.6 Å². The molecule has 2 aliphatic heterocycles. The zero-order chi connectivity index (χ0) is 22.5. The number of imide groups is 2. The van der Waals surface area contributed by atoms with E-state index in [1.165, 1.54) is 0 Å². The topological polar surface area (TPSA) is 74.8 Å². The van der Waals surface area contributed by atoms with Crippen molar-refractivity contribution in [3.63, 3.8) is 0 Å². The van der Waals surface area contributed by atoms with Gasteiger partial charge in [0.15, 0.2) is 11.6 Å². The number of rotatable bonds is 2. The first kappa shape index (κ1) is 19.7. The number of carbonyl (C=O) groups is 4. The maximum Gasteiger partial charge on any atom is 0.271 e. The second-order valence-corrected chi connectivity index (χ2v) is 9.24. The Balaban J connectivity index is 2.06. The molecule has 6 nitrogen and oxygen atoms in total. The van der Waals surface area contributed by atoms with Crippen LogP contribution >= 0.6 is 11.3 Å². The molecule has 1 aromatic heterocycles. The van der Waals surface area contributed by atoms with Crippen LogP contribution in [0.4, 0.5) is 8.78 Å². The van der Waals surface area contributed by atoms with E-state index in [2.05, 4.69) is 0 Å². The van der Waals surface area contributed by atoms with Crippen molar-refractivity contribution in [2.24, 2.45) is 0 Å². The third-order valence-electron chi connectivity index (χ3n) is 5.73. The van der Waals surface area contributed by atoms with E-state index >= 15 is 0 Å². The predicted octanol–water partition coefficient (Wildman–Crippen LogP) is 4.34. The summed E-state index contributed by atoms with van der Waals surface area (Å²) in [4.78, 5) is 55.4. The van der Waals surface area contributed by atoms with Gasteiger partial charge in [0.05, 0.1) is 11.1 Å². The van der Waals surface area contributed by atoms with Crippen LogP contribution in [0.5, 0.6) is 0 Å². The van der Waals surface area contributed by atoms with Gasteiger partial charge < -0.3 is 0 Å². The Bertz CT molecular complexity index is 1300. The number of halogens is 2. The summed E-state index contributed by atoms with van der Waals surface area (Å²) >= 11 is 0.911. The highest BCUT2D eigenvalue weighted by atomic mass is 32.1. The van der Waals surface area contributed by atoms with Crippen LogP contribution in [0, 0.1) is 11.6 Å². The molecule has 2 aromatic carbocycles. The molecule has 0 N–H and O–H groups in total. The minimum atomic E-state index is -1.17. The fraction of sp³-hybridized carbons (Fsp3) is 0.273. The monoisotopic (exact) mass is 442 g/mol.